The number of rotatable bonds is 6. The number of amides is 2. The summed E-state index contributed by atoms with van der Waals surface area (Å²) in [5.41, 5.74) is -15.7. The number of anilines is 2. The van der Waals surface area contributed by atoms with Crippen LogP contribution in [0.2, 0.25) is 0 Å². The molecule has 0 aliphatic heterocycles. The first-order valence-corrected chi connectivity index (χ1v) is 13.9. The Morgan fingerprint density at radius 3 is 1.92 bits per heavy atom. The second-order valence-electron chi connectivity index (χ2n) is 9.84. The van der Waals surface area contributed by atoms with E-state index in [0.29, 0.717) is 12.3 Å². The Morgan fingerprint density at radius 2 is 1.38 bits per heavy atom. The number of nitrogens with zero attached hydrogens (tertiary/aromatic N) is 2. The summed E-state index contributed by atoms with van der Waals surface area (Å²) in [6.07, 6.45) is -18.7. The molecule has 264 valence electrons. The first-order valence-electron chi connectivity index (χ1n) is 13.1. The zero-order chi connectivity index (χ0) is 37.4. The summed E-state index contributed by atoms with van der Waals surface area (Å²) in [4.78, 5) is 47.5. The van der Waals surface area contributed by atoms with Gasteiger partial charge in [0, 0.05) is 21.8 Å². The standard InChI is InChI=1S/C30H14BrF12N3O4/c31-19-12-16(27(34,29(38,39)40)30(41,42)43)11-18(28(35,36)37)23(19)45-24(47)17-7-4-8-20(22(17)33)46(25(48)14-5-2-1-3-6-14)50-26(49)15-9-10-21(32)44-13-15/h1-13H,(H,45,47). The van der Waals surface area contributed by atoms with E-state index in [9.17, 15) is 62.7 Å². The Morgan fingerprint density at radius 1 is 0.760 bits per heavy atom. The molecule has 0 aliphatic rings. The van der Waals surface area contributed by atoms with Crippen molar-refractivity contribution >= 4 is 45.1 Å². The number of hydrogen-bond donors (Lipinski definition) is 1. The number of pyridine rings is 1. The molecular formula is C30H14BrF12N3O4. The molecule has 0 aliphatic carbocycles. The van der Waals surface area contributed by atoms with E-state index < -0.39 is 97.9 Å². The predicted octanol–water partition coefficient (Wildman–Crippen LogP) is 9.10. The van der Waals surface area contributed by atoms with Gasteiger partial charge in [-0.2, -0.15) is 43.9 Å². The van der Waals surface area contributed by atoms with Gasteiger partial charge in [0.25, 0.3) is 11.8 Å². The van der Waals surface area contributed by atoms with Gasteiger partial charge >= 0.3 is 30.2 Å². The average molecular weight is 788 g/mol. The number of alkyl halides is 10. The van der Waals surface area contributed by atoms with Crippen molar-refractivity contribution in [3.8, 4) is 0 Å². The van der Waals surface area contributed by atoms with Crippen LogP contribution in [0.3, 0.4) is 0 Å². The lowest BCUT2D eigenvalue weighted by atomic mass is 9.92. The van der Waals surface area contributed by atoms with Crippen LogP contribution in [0.5, 0.6) is 0 Å². The van der Waals surface area contributed by atoms with Crippen molar-refractivity contribution in [2.75, 3.05) is 10.4 Å². The molecule has 0 spiro atoms. The van der Waals surface area contributed by atoms with Gasteiger partial charge in [-0.25, -0.2) is 18.6 Å². The topological polar surface area (TPSA) is 88.6 Å². The average Bonchev–Trinajstić information content (AvgIpc) is 3.03. The maximum absolute atomic E-state index is 15.9. The van der Waals surface area contributed by atoms with Gasteiger partial charge in [-0.3, -0.25) is 9.59 Å². The van der Waals surface area contributed by atoms with E-state index >= 15 is 4.39 Å². The fourth-order valence-corrected chi connectivity index (χ4v) is 4.77. The quantitative estimate of drug-likeness (QED) is 0.120. The van der Waals surface area contributed by atoms with E-state index in [1.54, 1.807) is 0 Å². The maximum Gasteiger partial charge on any atom is 0.435 e. The van der Waals surface area contributed by atoms with Gasteiger partial charge in [-0.1, -0.05) is 24.3 Å². The van der Waals surface area contributed by atoms with Crippen molar-refractivity contribution in [1.82, 2.24) is 4.98 Å². The monoisotopic (exact) mass is 787 g/mol. The van der Waals surface area contributed by atoms with Gasteiger partial charge in [-0.05, 0) is 64.5 Å². The van der Waals surface area contributed by atoms with E-state index in [4.69, 9.17) is 4.84 Å². The minimum Gasteiger partial charge on any atom is -0.327 e. The minimum atomic E-state index is -6.79. The molecule has 0 atom stereocenters. The van der Waals surface area contributed by atoms with E-state index in [1.165, 1.54) is 35.6 Å². The third-order valence-corrected chi connectivity index (χ3v) is 7.22. The van der Waals surface area contributed by atoms with Gasteiger partial charge in [-0.15, -0.1) is 5.06 Å². The highest BCUT2D eigenvalue weighted by Crippen LogP contribution is 2.55. The summed E-state index contributed by atoms with van der Waals surface area (Å²) in [5.74, 6) is -7.22. The van der Waals surface area contributed by atoms with Gasteiger partial charge in [0.05, 0.1) is 22.4 Å². The van der Waals surface area contributed by atoms with E-state index in [0.717, 1.165) is 24.3 Å². The van der Waals surface area contributed by atoms with Crippen molar-refractivity contribution in [2.24, 2.45) is 0 Å². The van der Waals surface area contributed by atoms with E-state index in [-0.39, 0.29) is 16.7 Å². The predicted molar refractivity (Wildman–Crippen MR) is 151 cm³/mol. The van der Waals surface area contributed by atoms with Crippen LogP contribution in [-0.4, -0.2) is 35.1 Å². The number of halogens is 13. The van der Waals surface area contributed by atoms with Gasteiger partial charge < -0.3 is 10.2 Å². The lowest BCUT2D eigenvalue weighted by molar-refractivity contribution is -0.348. The molecule has 50 heavy (non-hydrogen) atoms. The molecular weight excluding hydrogens is 774 g/mol. The summed E-state index contributed by atoms with van der Waals surface area (Å²) in [7, 11) is 0. The van der Waals surface area contributed by atoms with Crippen LogP contribution in [-0.2, 0) is 16.7 Å². The number of nitrogens with one attached hydrogen (secondary N) is 1. The lowest BCUT2D eigenvalue weighted by Gasteiger charge is -2.31. The SMILES string of the molecule is O=C(ON(C(=O)c1ccccc1)c1cccc(C(=O)Nc2c(Br)cc(C(F)(C(F)(F)F)C(F)(F)F)cc2C(F)(F)F)c1F)c1ccc(F)nc1. The Balaban J connectivity index is 1.80. The molecule has 7 nitrogen and oxygen atoms in total. The first kappa shape index (κ1) is 37.7. The first-order chi connectivity index (χ1) is 23.1. The van der Waals surface area contributed by atoms with Crippen LogP contribution in [0.1, 0.15) is 42.2 Å². The molecule has 2 amide bonds. The summed E-state index contributed by atoms with van der Waals surface area (Å²) < 4.78 is 164. The van der Waals surface area contributed by atoms with Crippen LogP contribution in [0.15, 0.2) is 83.5 Å². The number of hydrogen-bond acceptors (Lipinski definition) is 5. The molecule has 0 unspecified atom stereocenters. The second kappa shape index (κ2) is 13.6. The molecule has 4 rings (SSSR count). The van der Waals surface area contributed by atoms with Gasteiger partial charge in [0.1, 0.15) is 5.69 Å². The molecule has 0 saturated carbocycles. The molecule has 1 aromatic heterocycles. The highest BCUT2D eigenvalue weighted by atomic mass is 79.9. The summed E-state index contributed by atoms with van der Waals surface area (Å²) in [6.45, 7) is 0. The second-order valence-corrected chi connectivity index (χ2v) is 10.7. The molecule has 3 aromatic carbocycles. The zero-order valence-electron chi connectivity index (χ0n) is 23.9. The summed E-state index contributed by atoms with van der Waals surface area (Å²) >= 11 is 2.32. The molecule has 0 bridgehead atoms. The van der Waals surface area contributed by atoms with E-state index in [1.807, 2.05) is 0 Å². The van der Waals surface area contributed by atoms with Crippen molar-refractivity contribution in [3.63, 3.8) is 0 Å². The Bertz CT molecular complexity index is 1920. The normalized spacial score (nSPS) is 12.3. The molecule has 0 saturated heterocycles. The van der Waals surface area contributed by atoms with Crippen LogP contribution >= 0.6 is 15.9 Å². The lowest BCUT2D eigenvalue weighted by Crippen LogP contribution is -2.50. The Labute approximate surface area is 279 Å². The van der Waals surface area contributed by atoms with Crippen LogP contribution < -0.4 is 10.4 Å². The Hall–Kier alpha value is -5.14. The van der Waals surface area contributed by atoms with Crippen LogP contribution in [0, 0.1) is 11.8 Å². The number of hydroxylamine groups is 1. The highest BCUT2D eigenvalue weighted by Gasteiger charge is 2.73. The van der Waals surface area contributed by atoms with Crippen molar-refractivity contribution in [1.29, 1.82) is 0 Å². The zero-order valence-corrected chi connectivity index (χ0v) is 25.5. The molecule has 0 radical (unpaired) electrons. The molecule has 1 N–H and O–H groups in total. The van der Waals surface area contributed by atoms with Crippen molar-refractivity contribution in [2.45, 2.75) is 24.2 Å². The number of carbonyl (C=O) groups is 3. The smallest absolute Gasteiger partial charge is 0.327 e. The van der Waals surface area contributed by atoms with Crippen molar-refractivity contribution in [3.05, 3.63) is 123 Å². The third-order valence-electron chi connectivity index (χ3n) is 6.60. The van der Waals surface area contributed by atoms with Gasteiger partial charge in [0.15, 0.2) is 5.82 Å². The fraction of sp³-hybridized carbons (Fsp3) is 0.133. The number of benzene rings is 3. The van der Waals surface area contributed by atoms with Crippen LogP contribution in [0.25, 0.3) is 0 Å². The fourth-order valence-electron chi connectivity index (χ4n) is 4.21. The van der Waals surface area contributed by atoms with Crippen LogP contribution in [0.4, 0.5) is 64.1 Å². The number of carbonyl (C=O) groups excluding carboxylic acids is 3. The molecule has 4 aromatic rings. The summed E-state index contributed by atoms with van der Waals surface area (Å²) in [5, 5.41) is 1.56. The molecule has 1 heterocycles. The Kier molecular flexibility index (Phi) is 10.3. The molecule has 20 heteroatoms. The highest BCUT2D eigenvalue weighted by molar-refractivity contribution is 9.10. The van der Waals surface area contributed by atoms with Crippen molar-refractivity contribution < 1.29 is 71.9 Å². The number of aromatic nitrogens is 1. The summed E-state index contributed by atoms with van der Waals surface area (Å²) in [6, 6.07) is 9.36. The third kappa shape index (κ3) is 7.38. The van der Waals surface area contributed by atoms with Gasteiger partial charge in [0.2, 0.25) is 5.95 Å². The largest absolute Gasteiger partial charge is 0.435 e. The maximum atomic E-state index is 15.9. The van der Waals surface area contributed by atoms with E-state index in [2.05, 4.69) is 20.9 Å². The minimum absolute atomic E-state index is 0.0497. The molecule has 0 fully saturated rings.